The van der Waals surface area contributed by atoms with Gasteiger partial charge in [-0.2, -0.15) is 0 Å². The Morgan fingerprint density at radius 3 is 2.72 bits per heavy atom. The number of rotatable bonds is 11. The van der Waals surface area contributed by atoms with Crippen molar-refractivity contribution in [1.29, 1.82) is 0 Å². The zero-order valence-electron chi connectivity index (χ0n) is 20.2. The molecule has 36 heavy (non-hydrogen) atoms. The van der Waals surface area contributed by atoms with Gasteiger partial charge in [-0.25, -0.2) is 9.78 Å². The maximum absolute atomic E-state index is 11.6. The Hall–Kier alpha value is -3.83. The van der Waals surface area contributed by atoms with E-state index in [0.717, 1.165) is 46.3 Å². The SMILES string of the molecule is CCCC[C@H](Oc1ccccc1CNc1cccc(/C=C/c2ccc3ccc(Cl)cc3n2)c1)C(=O)O. The monoisotopic (exact) mass is 500 g/mol. The summed E-state index contributed by atoms with van der Waals surface area (Å²) in [6.45, 7) is 2.55. The number of halogens is 1. The first kappa shape index (κ1) is 25.3. The fourth-order valence-electron chi connectivity index (χ4n) is 3.87. The van der Waals surface area contributed by atoms with Crippen LogP contribution in [0.4, 0.5) is 5.69 Å². The van der Waals surface area contributed by atoms with Crippen molar-refractivity contribution in [3.05, 3.63) is 101 Å². The summed E-state index contributed by atoms with van der Waals surface area (Å²) >= 11 is 6.10. The average molecular weight is 501 g/mol. The Balaban J connectivity index is 1.43. The van der Waals surface area contributed by atoms with Crippen molar-refractivity contribution in [2.75, 3.05) is 5.32 Å². The number of unbranched alkanes of at least 4 members (excludes halogenated alkanes) is 1. The number of carboxylic acids is 1. The smallest absolute Gasteiger partial charge is 0.344 e. The van der Waals surface area contributed by atoms with Gasteiger partial charge < -0.3 is 15.2 Å². The van der Waals surface area contributed by atoms with Crippen molar-refractivity contribution in [2.24, 2.45) is 0 Å². The van der Waals surface area contributed by atoms with E-state index in [0.29, 0.717) is 23.7 Å². The summed E-state index contributed by atoms with van der Waals surface area (Å²) in [5, 5.41) is 14.7. The van der Waals surface area contributed by atoms with Gasteiger partial charge in [0.05, 0.1) is 11.2 Å². The van der Waals surface area contributed by atoms with Gasteiger partial charge in [0, 0.05) is 28.2 Å². The van der Waals surface area contributed by atoms with Crippen molar-refractivity contribution in [1.82, 2.24) is 4.98 Å². The number of aromatic nitrogens is 1. The molecule has 0 bridgehead atoms. The number of hydrogen-bond donors (Lipinski definition) is 2. The molecule has 0 aliphatic carbocycles. The summed E-state index contributed by atoms with van der Waals surface area (Å²) in [5.41, 5.74) is 4.60. The molecule has 0 spiro atoms. The van der Waals surface area contributed by atoms with Crippen LogP contribution >= 0.6 is 11.6 Å². The summed E-state index contributed by atoms with van der Waals surface area (Å²) in [7, 11) is 0. The van der Waals surface area contributed by atoms with E-state index >= 15 is 0 Å². The minimum atomic E-state index is -0.935. The van der Waals surface area contributed by atoms with Crippen LogP contribution in [0.25, 0.3) is 23.1 Å². The van der Waals surface area contributed by atoms with E-state index in [1.54, 1.807) is 0 Å². The van der Waals surface area contributed by atoms with Crippen LogP contribution in [0.5, 0.6) is 5.75 Å². The van der Waals surface area contributed by atoms with Gasteiger partial charge >= 0.3 is 5.97 Å². The van der Waals surface area contributed by atoms with Gasteiger partial charge in [-0.15, -0.1) is 0 Å². The summed E-state index contributed by atoms with van der Waals surface area (Å²) in [5.74, 6) is -0.346. The van der Waals surface area contributed by atoms with Crippen molar-refractivity contribution in [2.45, 2.75) is 38.8 Å². The third-order valence-electron chi connectivity index (χ3n) is 5.83. The molecule has 0 fully saturated rings. The maximum atomic E-state index is 11.6. The van der Waals surface area contributed by atoms with Gasteiger partial charge in [-0.05, 0) is 60.9 Å². The second-order valence-corrected chi connectivity index (χ2v) is 9.02. The van der Waals surface area contributed by atoms with Crippen LogP contribution in [0.1, 0.15) is 43.0 Å². The lowest BCUT2D eigenvalue weighted by Gasteiger charge is -2.18. The molecule has 184 valence electrons. The number of nitrogens with zero attached hydrogens (tertiary/aromatic N) is 1. The minimum Gasteiger partial charge on any atom is -0.479 e. The molecule has 1 aromatic heterocycles. The number of carboxylic acid groups (broad SMARTS) is 1. The molecular weight excluding hydrogens is 472 g/mol. The van der Waals surface area contributed by atoms with Crippen LogP contribution in [0.15, 0.2) is 78.9 Å². The molecule has 6 heteroatoms. The van der Waals surface area contributed by atoms with E-state index in [1.165, 1.54) is 0 Å². The summed E-state index contributed by atoms with van der Waals surface area (Å²) < 4.78 is 5.88. The molecule has 0 saturated carbocycles. The second-order valence-electron chi connectivity index (χ2n) is 8.58. The minimum absolute atomic E-state index is 0.487. The van der Waals surface area contributed by atoms with Gasteiger partial charge in [-0.1, -0.05) is 73.5 Å². The number of pyridine rings is 1. The molecule has 3 aromatic carbocycles. The predicted molar refractivity (Wildman–Crippen MR) is 147 cm³/mol. The number of anilines is 1. The number of para-hydroxylation sites is 1. The molecule has 0 aliphatic heterocycles. The normalized spacial score (nSPS) is 12.1. The standard InChI is InChI=1S/C30H29ClN2O3/c1-2-3-10-29(30(34)35)36-28-11-5-4-8-23(28)20-32-26-9-6-7-21(18-26)12-16-25-17-14-22-13-15-24(31)19-27(22)33-25/h4-9,11-19,29,32H,2-3,10,20H2,1H3,(H,34,35)/b16-12+/t29-/m0/s1. The van der Waals surface area contributed by atoms with Crippen LogP contribution in [0, 0.1) is 0 Å². The van der Waals surface area contributed by atoms with Gasteiger partial charge in [0.15, 0.2) is 6.10 Å². The third-order valence-corrected chi connectivity index (χ3v) is 6.06. The Morgan fingerprint density at radius 1 is 1.06 bits per heavy atom. The van der Waals surface area contributed by atoms with Crippen molar-refractivity contribution >= 4 is 46.3 Å². The Bertz CT molecular complexity index is 1370. The molecule has 5 nitrogen and oxygen atoms in total. The summed E-state index contributed by atoms with van der Waals surface area (Å²) in [4.78, 5) is 16.3. The number of ether oxygens (including phenoxy) is 1. The zero-order chi connectivity index (χ0) is 25.3. The number of aliphatic carboxylic acids is 1. The van der Waals surface area contributed by atoms with Gasteiger partial charge in [0.25, 0.3) is 0 Å². The zero-order valence-corrected chi connectivity index (χ0v) is 20.9. The number of benzene rings is 3. The molecule has 4 rings (SSSR count). The van der Waals surface area contributed by atoms with Crippen LogP contribution in [0.3, 0.4) is 0 Å². The van der Waals surface area contributed by atoms with Gasteiger partial charge in [0.2, 0.25) is 0 Å². The fraction of sp³-hybridized carbons (Fsp3) is 0.200. The molecule has 1 atom stereocenters. The molecule has 0 aliphatic rings. The predicted octanol–water partition coefficient (Wildman–Crippen LogP) is 7.69. The average Bonchev–Trinajstić information content (AvgIpc) is 2.89. The van der Waals surface area contributed by atoms with E-state index < -0.39 is 12.1 Å². The maximum Gasteiger partial charge on any atom is 0.344 e. The van der Waals surface area contributed by atoms with Gasteiger partial charge in [0.1, 0.15) is 5.75 Å². The van der Waals surface area contributed by atoms with Crippen LogP contribution in [-0.2, 0) is 11.3 Å². The lowest BCUT2D eigenvalue weighted by molar-refractivity contribution is -0.145. The number of nitrogens with one attached hydrogen (secondary N) is 1. The number of hydrogen-bond acceptors (Lipinski definition) is 4. The van der Waals surface area contributed by atoms with E-state index in [4.69, 9.17) is 16.3 Å². The molecule has 1 heterocycles. The largest absolute Gasteiger partial charge is 0.479 e. The third kappa shape index (κ3) is 6.86. The Labute approximate surface area is 216 Å². The highest BCUT2D eigenvalue weighted by Gasteiger charge is 2.20. The van der Waals surface area contributed by atoms with Crippen LogP contribution < -0.4 is 10.1 Å². The summed E-state index contributed by atoms with van der Waals surface area (Å²) in [6.07, 6.45) is 5.37. The first-order valence-corrected chi connectivity index (χ1v) is 12.5. The fourth-order valence-corrected chi connectivity index (χ4v) is 4.04. The van der Waals surface area contributed by atoms with Crippen molar-refractivity contribution in [3.63, 3.8) is 0 Å². The van der Waals surface area contributed by atoms with Crippen molar-refractivity contribution in [3.8, 4) is 5.75 Å². The topological polar surface area (TPSA) is 71.5 Å². The van der Waals surface area contributed by atoms with Crippen LogP contribution in [0.2, 0.25) is 5.02 Å². The van der Waals surface area contributed by atoms with E-state index in [-0.39, 0.29) is 0 Å². The second kappa shape index (κ2) is 12.2. The van der Waals surface area contributed by atoms with E-state index in [1.807, 2.05) is 91.9 Å². The van der Waals surface area contributed by atoms with E-state index in [2.05, 4.69) is 16.4 Å². The summed E-state index contributed by atoms with van der Waals surface area (Å²) in [6, 6.07) is 25.3. The molecule has 0 amide bonds. The van der Waals surface area contributed by atoms with Crippen molar-refractivity contribution < 1.29 is 14.6 Å². The highest BCUT2D eigenvalue weighted by molar-refractivity contribution is 6.31. The highest BCUT2D eigenvalue weighted by Crippen LogP contribution is 2.23. The quantitative estimate of drug-likeness (QED) is 0.221. The number of carbonyl (C=O) groups is 1. The molecule has 4 aromatic rings. The van der Waals surface area contributed by atoms with Crippen LogP contribution in [-0.4, -0.2) is 22.2 Å². The Morgan fingerprint density at radius 2 is 1.89 bits per heavy atom. The first-order valence-electron chi connectivity index (χ1n) is 12.1. The molecule has 0 saturated heterocycles. The lowest BCUT2D eigenvalue weighted by Crippen LogP contribution is -2.27. The Kier molecular flexibility index (Phi) is 8.58. The molecule has 2 N–H and O–H groups in total. The molecule has 0 unspecified atom stereocenters. The van der Waals surface area contributed by atoms with E-state index in [9.17, 15) is 9.90 Å². The first-order chi connectivity index (χ1) is 17.5. The highest BCUT2D eigenvalue weighted by atomic mass is 35.5. The lowest BCUT2D eigenvalue weighted by atomic mass is 10.1. The van der Waals surface area contributed by atoms with Gasteiger partial charge in [-0.3, -0.25) is 0 Å². The molecular formula is C30H29ClN2O3. The molecule has 0 radical (unpaired) electrons. The number of fused-ring (bicyclic) bond motifs is 1.